The number of morpholine rings is 1. The molecule has 1 amide bonds. The van der Waals surface area contributed by atoms with Gasteiger partial charge >= 0.3 is 0 Å². The van der Waals surface area contributed by atoms with Gasteiger partial charge in [-0.25, -0.2) is 13.1 Å². The molecular formula is C23H31N3O4S. The van der Waals surface area contributed by atoms with Gasteiger partial charge in [0.1, 0.15) is 0 Å². The number of nitrogens with zero attached hydrogens (tertiary/aromatic N) is 1. The third-order valence-corrected chi connectivity index (χ3v) is 6.67. The number of hydrogen-bond donors (Lipinski definition) is 2. The predicted octanol–water partition coefficient (Wildman–Crippen LogP) is 2.52. The van der Waals surface area contributed by atoms with Crippen LogP contribution >= 0.6 is 0 Å². The highest BCUT2D eigenvalue weighted by Crippen LogP contribution is 2.14. The summed E-state index contributed by atoms with van der Waals surface area (Å²) in [6.07, 6.45) is 0.249. The molecule has 0 saturated carbocycles. The van der Waals surface area contributed by atoms with Gasteiger partial charge in [0.2, 0.25) is 10.0 Å². The van der Waals surface area contributed by atoms with Gasteiger partial charge in [0, 0.05) is 37.8 Å². The van der Waals surface area contributed by atoms with Crippen molar-refractivity contribution in [3.63, 3.8) is 0 Å². The largest absolute Gasteiger partial charge is 0.376 e. The summed E-state index contributed by atoms with van der Waals surface area (Å²) in [7, 11) is -3.57. The molecule has 2 aromatic carbocycles. The summed E-state index contributed by atoms with van der Waals surface area (Å²) in [5.74, 6) is -0.242. The molecule has 168 valence electrons. The molecule has 1 atom stereocenters. The summed E-state index contributed by atoms with van der Waals surface area (Å²) in [4.78, 5) is 15.0. The highest BCUT2D eigenvalue weighted by Gasteiger charge is 2.17. The van der Waals surface area contributed by atoms with Crippen molar-refractivity contribution in [2.45, 2.75) is 50.9 Å². The van der Waals surface area contributed by atoms with Crippen LogP contribution in [0.4, 0.5) is 0 Å². The summed E-state index contributed by atoms with van der Waals surface area (Å²) in [5.41, 5.74) is 2.64. The van der Waals surface area contributed by atoms with E-state index in [1.54, 1.807) is 13.8 Å². The molecule has 1 aliphatic rings. The van der Waals surface area contributed by atoms with Gasteiger partial charge in [-0.05, 0) is 56.2 Å². The molecule has 0 spiro atoms. The van der Waals surface area contributed by atoms with Crippen molar-refractivity contribution in [3.8, 4) is 0 Å². The van der Waals surface area contributed by atoms with Crippen molar-refractivity contribution in [1.29, 1.82) is 0 Å². The number of sulfonamides is 1. The number of ether oxygens (including phenoxy) is 1. The Morgan fingerprint density at radius 1 is 1.16 bits per heavy atom. The number of amides is 1. The molecular weight excluding hydrogens is 414 g/mol. The maximum atomic E-state index is 12.5. The molecule has 0 bridgehead atoms. The van der Waals surface area contributed by atoms with E-state index in [2.05, 4.69) is 34.0 Å². The minimum absolute atomic E-state index is 0.142. The van der Waals surface area contributed by atoms with E-state index in [0.29, 0.717) is 12.1 Å². The van der Waals surface area contributed by atoms with Gasteiger partial charge in [-0.1, -0.05) is 24.3 Å². The first kappa shape index (κ1) is 23.4. The second-order valence-corrected chi connectivity index (χ2v) is 9.93. The summed E-state index contributed by atoms with van der Waals surface area (Å²) < 4.78 is 32.5. The van der Waals surface area contributed by atoms with Crippen molar-refractivity contribution < 1.29 is 17.9 Å². The maximum absolute atomic E-state index is 12.5. The molecule has 7 nitrogen and oxygen atoms in total. The Hall–Kier alpha value is -2.26. The lowest BCUT2D eigenvalue weighted by Crippen LogP contribution is -2.40. The van der Waals surface area contributed by atoms with E-state index in [9.17, 15) is 13.2 Å². The van der Waals surface area contributed by atoms with Crippen LogP contribution in [0.15, 0.2) is 53.4 Å². The quantitative estimate of drug-likeness (QED) is 0.652. The summed E-state index contributed by atoms with van der Waals surface area (Å²) in [6, 6.07) is 13.9. The van der Waals surface area contributed by atoms with Crippen LogP contribution in [0, 0.1) is 0 Å². The minimum Gasteiger partial charge on any atom is -0.376 e. The number of rotatable bonds is 8. The van der Waals surface area contributed by atoms with Crippen molar-refractivity contribution in [3.05, 3.63) is 65.2 Å². The number of hydrogen-bond acceptors (Lipinski definition) is 5. The van der Waals surface area contributed by atoms with E-state index < -0.39 is 10.0 Å². The van der Waals surface area contributed by atoms with E-state index >= 15 is 0 Å². The number of nitrogens with one attached hydrogen (secondary N) is 2. The van der Waals surface area contributed by atoms with E-state index in [-0.39, 0.29) is 22.9 Å². The van der Waals surface area contributed by atoms with E-state index in [1.807, 2.05) is 12.1 Å². The van der Waals surface area contributed by atoms with Crippen LogP contribution in [0.3, 0.4) is 0 Å². The molecule has 0 aliphatic carbocycles. The molecule has 0 radical (unpaired) electrons. The smallest absolute Gasteiger partial charge is 0.251 e. The van der Waals surface area contributed by atoms with Crippen LogP contribution in [0.25, 0.3) is 0 Å². The molecule has 1 unspecified atom stereocenters. The predicted molar refractivity (Wildman–Crippen MR) is 120 cm³/mol. The zero-order valence-electron chi connectivity index (χ0n) is 18.3. The zero-order valence-corrected chi connectivity index (χ0v) is 19.1. The minimum atomic E-state index is -3.57. The molecule has 1 aliphatic heterocycles. The summed E-state index contributed by atoms with van der Waals surface area (Å²) >= 11 is 0. The van der Waals surface area contributed by atoms with Gasteiger partial charge < -0.3 is 10.1 Å². The Labute approximate surface area is 184 Å². The molecule has 1 heterocycles. The van der Waals surface area contributed by atoms with Crippen molar-refractivity contribution >= 4 is 15.9 Å². The fourth-order valence-electron chi connectivity index (χ4n) is 3.58. The second-order valence-electron chi connectivity index (χ2n) is 8.22. The summed E-state index contributed by atoms with van der Waals surface area (Å²) in [6.45, 7) is 9.46. The van der Waals surface area contributed by atoms with Gasteiger partial charge in [0.05, 0.1) is 17.6 Å². The zero-order chi connectivity index (χ0) is 22.4. The van der Waals surface area contributed by atoms with Crippen LogP contribution in [-0.4, -0.2) is 51.1 Å². The summed E-state index contributed by atoms with van der Waals surface area (Å²) in [5, 5.41) is 2.91. The van der Waals surface area contributed by atoms with Crippen LogP contribution in [-0.2, 0) is 27.8 Å². The van der Waals surface area contributed by atoms with E-state index in [0.717, 1.165) is 31.8 Å². The van der Waals surface area contributed by atoms with Crippen LogP contribution in [0.1, 0.15) is 42.3 Å². The number of carbonyl (C=O) groups excluding carboxylic acids is 1. The van der Waals surface area contributed by atoms with Gasteiger partial charge in [0.15, 0.2) is 0 Å². The Morgan fingerprint density at radius 3 is 2.55 bits per heavy atom. The Kier molecular flexibility index (Phi) is 7.83. The number of carbonyl (C=O) groups is 1. The molecule has 1 fully saturated rings. The first-order valence-electron chi connectivity index (χ1n) is 10.6. The molecule has 0 aromatic heterocycles. The average Bonchev–Trinajstić information content (AvgIpc) is 2.71. The molecule has 1 saturated heterocycles. The van der Waals surface area contributed by atoms with Gasteiger partial charge in [-0.15, -0.1) is 0 Å². The van der Waals surface area contributed by atoms with Crippen molar-refractivity contribution in [2.75, 3.05) is 19.7 Å². The van der Waals surface area contributed by atoms with Crippen molar-refractivity contribution in [2.24, 2.45) is 0 Å². The Morgan fingerprint density at radius 2 is 1.87 bits per heavy atom. The first-order valence-corrected chi connectivity index (χ1v) is 12.0. The molecule has 2 N–H and O–H groups in total. The first-order chi connectivity index (χ1) is 14.7. The topological polar surface area (TPSA) is 87.7 Å². The fourth-order valence-corrected chi connectivity index (χ4v) is 4.83. The molecule has 8 heteroatoms. The van der Waals surface area contributed by atoms with Gasteiger partial charge in [-0.3, -0.25) is 9.69 Å². The third kappa shape index (κ3) is 6.87. The SMILES string of the molecule is CC(C)NS(=O)(=O)c1ccc(C(=O)NCc2cccc(CN3CCOC(C)C3)c2)cc1. The molecule has 2 aromatic rings. The van der Waals surface area contributed by atoms with Crippen LogP contribution in [0.2, 0.25) is 0 Å². The van der Waals surface area contributed by atoms with Crippen LogP contribution in [0.5, 0.6) is 0 Å². The third-order valence-electron chi connectivity index (χ3n) is 4.99. The number of benzene rings is 2. The average molecular weight is 446 g/mol. The molecule has 31 heavy (non-hydrogen) atoms. The van der Waals surface area contributed by atoms with Gasteiger partial charge in [0.25, 0.3) is 5.91 Å². The lowest BCUT2D eigenvalue weighted by Gasteiger charge is -2.31. The lowest BCUT2D eigenvalue weighted by molar-refractivity contribution is -0.0212. The Bertz CT molecular complexity index is 990. The maximum Gasteiger partial charge on any atom is 0.251 e. The van der Waals surface area contributed by atoms with E-state index in [1.165, 1.54) is 29.8 Å². The van der Waals surface area contributed by atoms with Crippen LogP contribution < -0.4 is 10.0 Å². The Balaban J connectivity index is 1.57. The van der Waals surface area contributed by atoms with E-state index in [4.69, 9.17) is 4.74 Å². The molecule has 3 rings (SSSR count). The lowest BCUT2D eigenvalue weighted by atomic mass is 10.1. The second kappa shape index (κ2) is 10.4. The fraction of sp³-hybridized carbons (Fsp3) is 0.435. The standard InChI is InChI=1S/C23H31N3O4S/c1-17(2)25-31(28,29)22-9-7-21(8-10-22)23(27)24-14-19-5-4-6-20(13-19)16-26-11-12-30-18(3)15-26/h4-10,13,17-18,25H,11-12,14-16H2,1-3H3,(H,24,27). The monoisotopic (exact) mass is 445 g/mol. The normalized spacial score (nSPS) is 17.6. The highest BCUT2D eigenvalue weighted by molar-refractivity contribution is 7.89. The highest BCUT2D eigenvalue weighted by atomic mass is 32.2. The van der Waals surface area contributed by atoms with Gasteiger partial charge in [-0.2, -0.15) is 0 Å². The van der Waals surface area contributed by atoms with Crippen molar-refractivity contribution in [1.82, 2.24) is 14.9 Å².